The molecule has 0 saturated heterocycles. The van der Waals surface area contributed by atoms with E-state index >= 15 is 0 Å². The third kappa shape index (κ3) is 4.67. The summed E-state index contributed by atoms with van der Waals surface area (Å²) in [4.78, 5) is 13.0. The molecule has 0 radical (unpaired) electrons. The van der Waals surface area contributed by atoms with E-state index in [1.807, 2.05) is 0 Å². The zero-order chi connectivity index (χ0) is 13.5. The van der Waals surface area contributed by atoms with Gasteiger partial charge in [-0.2, -0.15) is 0 Å². The molecule has 4 nitrogen and oxygen atoms in total. The van der Waals surface area contributed by atoms with E-state index in [0.717, 1.165) is 0 Å². The fourth-order valence-corrected chi connectivity index (χ4v) is 1.35. The van der Waals surface area contributed by atoms with Gasteiger partial charge in [0.25, 0.3) is 6.43 Å². The number of ether oxygens (including phenoxy) is 1. The minimum absolute atomic E-state index is 0.0128. The summed E-state index contributed by atoms with van der Waals surface area (Å²) in [6.45, 7) is -0.713. The second-order valence-electron chi connectivity index (χ2n) is 3.69. The Balaban J connectivity index is 2.42. The third-order valence-electron chi connectivity index (χ3n) is 2.30. The SMILES string of the molecule is CN(C(=O)CCOCC(F)F)c1cccc(O)c1. The van der Waals surface area contributed by atoms with E-state index < -0.39 is 13.0 Å². The van der Waals surface area contributed by atoms with Crippen LogP contribution in [0, 0.1) is 0 Å². The maximum atomic E-state index is 11.8. The topological polar surface area (TPSA) is 49.8 Å². The number of alkyl halides is 2. The number of hydrogen-bond acceptors (Lipinski definition) is 3. The Morgan fingerprint density at radius 3 is 2.83 bits per heavy atom. The van der Waals surface area contributed by atoms with Crippen LogP contribution in [0.1, 0.15) is 6.42 Å². The van der Waals surface area contributed by atoms with Gasteiger partial charge in [0, 0.05) is 18.8 Å². The van der Waals surface area contributed by atoms with Crippen molar-refractivity contribution in [1.29, 1.82) is 0 Å². The highest BCUT2D eigenvalue weighted by molar-refractivity contribution is 5.92. The van der Waals surface area contributed by atoms with Crippen LogP contribution in [0.3, 0.4) is 0 Å². The maximum Gasteiger partial charge on any atom is 0.261 e. The number of hydrogen-bond donors (Lipinski definition) is 1. The predicted molar refractivity (Wildman–Crippen MR) is 63.0 cm³/mol. The van der Waals surface area contributed by atoms with Crippen molar-refractivity contribution in [2.75, 3.05) is 25.2 Å². The molecule has 1 aromatic carbocycles. The highest BCUT2D eigenvalue weighted by Crippen LogP contribution is 2.19. The van der Waals surface area contributed by atoms with E-state index in [1.165, 1.54) is 17.0 Å². The summed E-state index contributed by atoms with van der Waals surface area (Å²) in [6, 6.07) is 6.21. The lowest BCUT2D eigenvalue weighted by molar-refractivity contribution is -0.119. The standard InChI is InChI=1S/C12H15F2NO3/c1-15(9-3-2-4-10(16)7-9)12(17)5-6-18-8-11(13)14/h2-4,7,11,16H,5-6,8H2,1H3. The minimum atomic E-state index is -2.52. The molecule has 1 rings (SSSR count). The van der Waals surface area contributed by atoms with Gasteiger partial charge in [-0.1, -0.05) is 6.07 Å². The Kier molecular flexibility index (Phi) is 5.51. The van der Waals surface area contributed by atoms with Gasteiger partial charge in [0.2, 0.25) is 5.91 Å². The van der Waals surface area contributed by atoms with Gasteiger partial charge in [0.05, 0.1) is 13.0 Å². The first-order chi connectivity index (χ1) is 8.50. The molecule has 0 unspecified atom stereocenters. The van der Waals surface area contributed by atoms with Crippen molar-refractivity contribution < 1.29 is 23.4 Å². The van der Waals surface area contributed by atoms with Crippen LogP contribution in [-0.4, -0.2) is 37.7 Å². The van der Waals surface area contributed by atoms with Crippen molar-refractivity contribution in [1.82, 2.24) is 0 Å². The summed E-state index contributed by atoms with van der Waals surface area (Å²) in [7, 11) is 1.55. The minimum Gasteiger partial charge on any atom is -0.508 e. The Bertz CT molecular complexity index is 399. The van der Waals surface area contributed by atoms with E-state index in [4.69, 9.17) is 0 Å². The molecule has 0 bridgehead atoms. The molecule has 0 heterocycles. The molecule has 0 saturated carbocycles. The van der Waals surface area contributed by atoms with E-state index in [9.17, 15) is 18.7 Å². The van der Waals surface area contributed by atoms with E-state index in [1.54, 1.807) is 19.2 Å². The first-order valence-electron chi connectivity index (χ1n) is 5.42. The Labute approximate surface area is 104 Å². The van der Waals surface area contributed by atoms with E-state index in [2.05, 4.69) is 4.74 Å². The van der Waals surface area contributed by atoms with Gasteiger partial charge in [0.1, 0.15) is 12.4 Å². The average molecular weight is 259 g/mol. The summed E-state index contributed by atoms with van der Waals surface area (Å²) in [6.07, 6.45) is -2.51. The molecule has 0 fully saturated rings. The van der Waals surface area contributed by atoms with Gasteiger partial charge in [0.15, 0.2) is 0 Å². The third-order valence-corrected chi connectivity index (χ3v) is 2.30. The molecule has 0 aliphatic heterocycles. The van der Waals surface area contributed by atoms with Crippen molar-refractivity contribution >= 4 is 11.6 Å². The van der Waals surface area contributed by atoms with Gasteiger partial charge in [-0.25, -0.2) is 8.78 Å². The Morgan fingerprint density at radius 1 is 1.50 bits per heavy atom. The number of halogens is 2. The van der Waals surface area contributed by atoms with Gasteiger partial charge in [-0.3, -0.25) is 4.79 Å². The number of benzene rings is 1. The van der Waals surface area contributed by atoms with Crippen molar-refractivity contribution in [3.05, 3.63) is 24.3 Å². The highest BCUT2D eigenvalue weighted by atomic mass is 19.3. The van der Waals surface area contributed by atoms with E-state index in [0.29, 0.717) is 5.69 Å². The quantitative estimate of drug-likeness (QED) is 0.795. The molecule has 6 heteroatoms. The lowest BCUT2D eigenvalue weighted by Crippen LogP contribution is -2.27. The number of carbonyl (C=O) groups is 1. The van der Waals surface area contributed by atoms with Crippen LogP contribution in [0.15, 0.2) is 24.3 Å². The van der Waals surface area contributed by atoms with Crippen LogP contribution >= 0.6 is 0 Å². The predicted octanol–water partition coefficient (Wildman–Crippen LogP) is 2.03. The molecule has 18 heavy (non-hydrogen) atoms. The summed E-state index contributed by atoms with van der Waals surface area (Å²) >= 11 is 0. The van der Waals surface area contributed by atoms with Crippen molar-refractivity contribution in [3.63, 3.8) is 0 Å². The van der Waals surface area contributed by atoms with Crippen molar-refractivity contribution in [2.45, 2.75) is 12.8 Å². The number of anilines is 1. The maximum absolute atomic E-state index is 11.8. The molecule has 1 amide bonds. The smallest absolute Gasteiger partial charge is 0.261 e. The van der Waals surface area contributed by atoms with E-state index in [-0.39, 0.29) is 24.7 Å². The summed E-state index contributed by atoms with van der Waals surface area (Å²) in [5.74, 6) is -0.212. The van der Waals surface area contributed by atoms with Gasteiger partial charge in [-0.05, 0) is 12.1 Å². The highest BCUT2D eigenvalue weighted by Gasteiger charge is 2.11. The normalized spacial score (nSPS) is 10.7. The number of rotatable bonds is 6. The Morgan fingerprint density at radius 2 is 2.22 bits per heavy atom. The van der Waals surface area contributed by atoms with Crippen LogP contribution in [0.5, 0.6) is 5.75 Å². The number of phenolic OH excluding ortho intramolecular Hbond substituents is 1. The van der Waals surface area contributed by atoms with Crippen LogP contribution in [0.25, 0.3) is 0 Å². The Hall–Kier alpha value is -1.69. The molecule has 0 aliphatic rings. The monoisotopic (exact) mass is 259 g/mol. The zero-order valence-corrected chi connectivity index (χ0v) is 9.97. The second-order valence-corrected chi connectivity index (χ2v) is 3.69. The number of carbonyl (C=O) groups excluding carboxylic acids is 1. The van der Waals surface area contributed by atoms with Crippen molar-refractivity contribution in [2.24, 2.45) is 0 Å². The van der Waals surface area contributed by atoms with Crippen molar-refractivity contribution in [3.8, 4) is 5.75 Å². The zero-order valence-electron chi connectivity index (χ0n) is 9.97. The van der Waals surface area contributed by atoms with Crippen LogP contribution in [-0.2, 0) is 9.53 Å². The molecule has 0 spiro atoms. The van der Waals surface area contributed by atoms with Gasteiger partial charge >= 0.3 is 0 Å². The molecule has 100 valence electrons. The van der Waals surface area contributed by atoms with Crippen LogP contribution in [0.4, 0.5) is 14.5 Å². The molecule has 0 atom stereocenters. The largest absolute Gasteiger partial charge is 0.508 e. The lowest BCUT2D eigenvalue weighted by Gasteiger charge is -2.17. The first kappa shape index (κ1) is 14.4. The fraction of sp³-hybridized carbons (Fsp3) is 0.417. The second kappa shape index (κ2) is 6.90. The molecule has 0 aliphatic carbocycles. The van der Waals surface area contributed by atoms with Crippen LogP contribution < -0.4 is 4.90 Å². The molecule has 1 N–H and O–H groups in total. The van der Waals surface area contributed by atoms with Gasteiger partial charge < -0.3 is 14.7 Å². The summed E-state index contributed by atoms with van der Waals surface area (Å²) < 4.78 is 28.2. The van der Waals surface area contributed by atoms with Gasteiger partial charge in [-0.15, -0.1) is 0 Å². The van der Waals surface area contributed by atoms with Crippen LogP contribution in [0.2, 0.25) is 0 Å². The fourth-order valence-electron chi connectivity index (χ4n) is 1.35. The molecule has 0 aromatic heterocycles. The summed E-state index contributed by atoms with van der Waals surface area (Å²) in [5.41, 5.74) is 0.536. The number of amides is 1. The first-order valence-corrected chi connectivity index (χ1v) is 5.42. The lowest BCUT2D eigenvalue weighted by atomic mass is 10.2. The number of phenols is 1. The number of aromatic hydroxyl groups is 1. The number of nitrogens with zero attached hydrogens (tertiary/aromatic N) is 1. The molecular weight excluding hydrogens is 244 g/mol. The average Bonchev–Trinajstić information content (AvgIpc) is 2.33. The molecule has 1 aromatic rings. The molecular formula is C12H15F2NO3. The summed E-state index contributed by atoms with van der Waals surface area (Å²) in [5, 5.41) is 9.27.